The molecule has 0 radical (unpaired) electrons. The van der Waals surface area contributed by atoms with Crippen molar-refractivity contribution in [2.45, 2.75) is 51.9 Å². The van der Waals surface area contributed by atoms with Crippen molar-refractivity contribution in [2.24, 2.45) is 10.7 Å². The maximum atomic E-state index is 12.4. The minimum atomic E-state index is 0.182. The van der Waals surface area contributed by atoms with Gasteiger partial charge >= 0.3 is 0 Å². The van der Waals surface area contributed by atoms with Crippen LogP contribution in [-0.2, 0) is 11.2 Å². The molecule has 0 saturated carbocycles. The van der Waals surface area contributed by atoms with Gasteiger partial charge < -0.3 is 16.0 Å². The Balaban J connectivity index is 1.64. The third kappa shape index (κ3) is 5.55. The second kappa shape index (κ2) is 9.96. The summed E-state index contributed by atoms with van der Waals surface area (Å²) in [5.41, 5.74) is 8.17. The summed E-state index contributed by atoms with van der Waals surface area (Å²) < 4.78 is 0. The van der Waals surface area contributed by atoms with Gasteiger partial charge in [-0.05, 0) is 30.9 Å². The summed E-state index contributed by atoms with van der Waals surface area (Å²) in [5, 5.41) is 3.13. The number of nitrogens with zero attached hydrogens (tertiary/aromatic N) is 2. The number of aliphatic imine (C=N–C) groups is 1. The number of anilines is 1. The largest absolute Gasteiger partial charge is 0.370 e. The standard InChI is InChI=1S/C19H30N4O/c1-2-3-4-7-13-21-19(20)22-14-8-11-18(24)23-15-12-16-9-5-6-10-17(16)23/h5-6,9-10H,2-4,7-8,11-15H2,1H3,(H3,20,21,22). The predicted octanol–water partition coefficient (Wildman–Crippen LogP) is 2.84. The van der Waals surface area contributed by atoms with Gasteiger partial charge in [0.2, 0.25) is 5.91 Å². The van der Waals surface area contributed by atoms with Gasteiger partial charge in [0, 0.05) is 31.7 Å². The van der Waals surface area contributed by atoms with Crippen LogP contribution in [0.15, 0.2) is 29.3 Å². The lowest BCUT2D eigenvalue weighted by molar-refractivity contribution is -0.118. The van der Waals surface area contributed by atoms with E-state index in [1.807, 2.05) is 23.1 Å². The van der Waals surface area contributed by atoms with Crippen LogP contribution in [0.5, 0.6) is 0 Å². The Kier molecular flexibility index (Phi) is 7.59. The van der Waals surface area contributed by atoms with E-state index in [2.05, 4.69) is 23.3 Å². The summed E-state index contributed by atoms with van der Waals surface area (Å²) in [6.45, 7) is 4.46. The molecule has 1 heterocycles. The minimum absolute atomic E-state index is 0.182. The zero-order valence-corrected chi connectivity index (χ0v) is 14.8. The molecule has 0 spiro atoms. The van der Waals surface area contributed by atoms with Crippen molar-refractivity contribution in [2.75, 3.05) is 24.5 Å². The number of fused-ring (bicyclic) bond motifs is 1. The molecule has 0 unspecified atom stereocenters. The molecule has 132 valence electrons. The van der Waals surface area contributed by atoms with Gasteiger partial charge in [-0.2, -0.15) is 0 Å². The number of benzene rings is 1. The maximum Gasteiger partial charge on any atom is 0.227 e. The van der Waals surface area contributed by atoms with Gasteiger partial charge in [0.25, 0.3) is 0 Å². The van der Waals surface area contributed by atoms with Crippen molar-refractivity contribution in [3.05, 3.63) is 29.8 Å². The lowest BCUT2D eigenvalue weighted by atomic mass is 10.2. The Labute approximate surface area is 145 Å². The van der Waals surface area contributed by atoms with Gasteiger partial charge in [0.1, 0.15) is 0 Å². The van der Waals surface area contributed by atoms with Crippen LogP contribution < -0.4 is 16.0 Å². The number of hydrogen-bond acceptors (Lipinski definition) is 2. The van der Waals surface area contributed by atoms with Gasteiger partial charge in [-0.25, -0.2) is 0 Å². The van der Waals surface area contributed by atoms with E-state index in [1.54, 1.807) is 0 Å². The van der Waals surface area contributed by atoms with E-state index < -0.39 is 0 Å². The van der Waals surface area contributed by atoms with Crippen LogP contribution in [0, 0.1) is 0 Å². The van der Waals surface area contributed by atoms with Gasteiger partial charge in [0.05, 0.1) is 0 Å². The fourth-order valence-corrected chi connectivity index (χ4v) is 2.99. The Morgan fingerprint density at radius 2 is 2.08 bits per heavy atom. The fourth-order valence-electron chi connectivity index (χ4n) is 2.99. The summed E-state index contributed by atoms with van der Waals surface area (Å²) in [7, 11) is 0. The number of guanidine groups is 1. The molecule has 5 heteroatoms. The first kappa shape index (κ1) is 18.3. The lowest BCUT2D eigenvalue weighted by Gasteiger charge is -2.16. The number of nitrogens with two attached hydrogens (primary N) is 1. The molecule has 1 aromatic rings. The highest BCUT2D eigenvalue weighted by Crippen LogP contribution is 2.27. The molecule has 5 nitrogen and oxygen atoms in total. The van der Waals surface area contributed by atoms with E-state index in [0.717, 1.165) is 38.0 Å². The number of para-hydroxylation sites is 1. The van der Waals surface area contributed by atoms with E-state index in [-0.39, 0.29) is 5.91 Å². The number of carbonyl (C=O) groups is 1. The number of unbranched alkanes of at least 4 members (excludes halogenated alkanes) is 3. The third-order valence-corrected chi connectivity index (χ3v) is 4.36. The lowest BCUT2D eigenvalue weighted by Crippen LogP contribution is -2.32. The SMILES string of the molecule is CCCCCCNC(N)=NCCCC(=O)N1CCc2ccccc21. The van der Waals surface area contributed by atoms with Crippen molar-refractivity contribution in [3.8, 4) is 0 Å². The molecular weight excluding hydrogens is 300 g/mol. The smallest absolute Gasteiger partial charge is 0.227 e. The molecule has 1 amide bonds. The molecule has 1 aliphatic rings. The number of carbonyl (C=O) groups excluding carboxylic acids is 1. The van der Waals surface area contributed by atoms with Gasteiger partial charge in [-0.15, -0.1) is 0 Å². The second-order valence-corrected chi connectivity index (χ2v) is 6.28. The van der Waals surface area contributed by atoms with E-state index in [4.69, 9.17) is 5.73 Å². The summed E-state index contributed by atoms with van der Waals surface area (Å²) in [6.07, 6.45) is 7.05. The van der Waals surface area contributed by atoms with Crippen LogP contribution in [0.4, 0.5) is 5.69 Å². The van der Waals surface area contributed by atoms with Crippen molar-refractivity contribution in [1.82, 2.24) is 5.32 Å². The Morgan fingerprint density at radius 3 is 2.92 bits per heavy atom. The molecule has 24 heavy (non-hydrogen) atoms. The minimum Gasteiger partial charge on any atom is -0.370 e. The van der Waals surface area contributed by atoms with E-state index in [9.17, 15) is 4.79 Å². The highest BCUT2D eigenvalue weighted by molar-refractivity contribution is 5.95. The molecule has 1 aliphatic heterocycles. The number of rotatable bonds is 9. The van der Waals surface area contributed by atoms with Crippen LogP contribution in [-0.4, -0.2) is 31.5 Å². The molecule has 0 bridgehead atoms. The van der Waals surface area contributed by atoms with Crippen molar-refractivity contribution < 1.29 is 4.79 Å². The van der Waals surface area contributed by atoms with Crippen molar-refractivity contribution in [3.63, 3.8) is 0 Å². The fraction of sp³-hybridized carbons (Fsp3) is 0.579. The first-order valence-corrected chi connectivity index (χ1v) is 9.14. The second-order valence-electron chi connectivity index (χ2n) is 6.28. The first-order valence-electron chi connectivity index (χ1n) is 9.14. The molecule has 1 aromatic carbocycles. The Morgan fingerprint density at radius 1 is 1.25 bits per heavy atom. The summed E-state index contributed by atoms with van der Waals surface area (Å²) in [4.78, 5) is 18.6. The number of hydrogen-bond donors (Lipinski definition) is 2. The zero-order valence-electron chi connectivity index (χ0n) is 14.8. The van der Waals surface area contributed by atoms with Crippen molar-refractivity contribution in [1.29, 1.82) is 0 Å². The summed E-state index contributed by atoms with van der Waals surface area (Å²) >= 11 is 0. The molecule has 2 rings (SSSR count). The number of nitrogens with one attached hydrogen (secondary N) is 1. The van der Waals surface area contributed by atoms with Crippen LogP contribution in [0.25, 0.3) is 0 Å². The van der Waals surface area contributed by atoms with Crippen molar-refractivity contribution >= 4 is 17.6 Å². The maximum absolute atomic E-state index is 12.4. The highest BCUT2D eigenvalue weighted by atomic mass is 16.2. The normalized spacial score (nSPS) is 13.9. The molecule has 0 saturated heterocycles. The van der Waals surface area contributed by atoms with Gasteiger partial charge in [0.15, 0.2) is 5.96 Å². The molecule has 3 N–H and O–H groups in total. The number of amides is 1. The summed E-state index contributed by atoms with van der Waals surface area (Å²) in [5.74, 6) is 0.673. The predicted molar refractivity (Wildman–Crippen MR) is 100 cm³/mol. The molecule has 0 fully saturated rings. The van der Waals surface area contributed by atoms with E-state index >= 15 is 0 Å². The van der Waals surface area contributed by atoms with E-state index in [1.165, 1.54) is 24.8 Å². The highest BCUT2D eigenvalue weighted by Gasteiger charge is 2.23. The average Bonchev–Trinajstić information content (AvgIpc) is 3.02. The Bertz CT molecular complexity index is 556. The topological polar surface area (TPSA) is 70.7 Å². The molecule has 0 aromatic heterocycles. The first-order chi connectivity index (χ1) is 11.7. The van der Waals surface area contributed by atoms with Crippen LogP contribution in [0.2, 0.25) is 0 Å². The Hall–Kier alpha value is -2.04. The van der Waals surface area contributed by atoms with E-state index in [0.29, 0.717) is 18.9 Å². The molecule has 0 aliphatic carbocycles. The average molecular weight is 330 g/mol. The van der Waals surface area contributed by atoms with Crippen LogP contribution in [0.3, 0.4) is 0 Å². The third-order valence-electron chi connectivity index (χ3n) is 4.36. The van der Waals surface area contributed by atoms with Crippen LogP contribution >= 0.6 is 0 Å². The summed E-state index contributed by atoms with van der Waals surface area (Å²) in [6, 6.07) is 8.14. The monoisotopic (exact) mass is 330 g/mol. The molecule has 0 atom stereocenters. The quantitative estimate of drug-likeness (QED) is 0.415. The van der Waals surface area contributed by atoms with Crippen LogP contribution in [0.1, 0.15) is 51.0 Å². The molecular formula is C19H30N4O. The zero-order chi connectivity index (χ0) is 17.2. The van der Waals surface area contributed by atoms with Gasteiger partial charge in [-0.3, -0.25) is 9.79 Å². The van der Waals surface area contributed by atoms with Gasteiger partial charge in [-0.1, -0.05) is 44.4 Å².